The van der Waals surface area contributed by atoms with E-state index in [0.29, 0.717) is 0 Å². The van der Waals surface area contributed by atoms with E-state index in [9.17, 15) is 5.11 Å². The zero-order valence-electron chi connectivity index (χ0n) is 10.2. The van der Waals surface area contributed by atoms with Crippen LogP contribution in [0.25, 0.3) is 10.6 Å². The molecule has 2 nitrogen and oxygen atoms in total. The van der Waals surface area contributed by atoms with Gasteiger partial charge in [-0.05, 0) is 5.56 Å². The van der Waals surface area contributed by atoms with Crippen LogP contribution in [0.5, 0.6) is 0 Å². The third-order valence-corrected chi connectivity index (χ3v) is 4.03. The number of hydrogen-bond acceptors (Lipinski definition) is 3. The predicted molar refractivity (Wildman–Crippen MR) is 78.1 cm³/mol. The lowest BCUT2D eigenvalue weighted by atomic mass is 10.1. The molecule has 0 radical (unpaired) electrons. The van der Waals surface area contributed by atoms with E-state index >= 15 is 0 Å². The van der Waals surface area contributed by atoms with Gasteiger partial charge in [-0.3, -0.25) is 0 Å². The van der Waals surface area contributed by atoms with Crippen molar-refractivity contribution >= 4 is 11.3 Å². The van der Waals surface area contributed by atoms with Gasteiger partial charge < -0.3 is 5.11 Å². The molecular weight excluding hydrogens is 254 g/mol. The first-order chi connectivity index (χ1) is 9.34. The fraction of sp³-hybridized carbons (Fsp3) is 0.0625. The van der Waals surface area contributed by atoms with Gasteiger partial charge in [0.05, 0.1) is 4.88 Å². The van der Waals surface area contributed by atoms with Crippen LogP contribution in [0, 0.1) is 0 Å². The molecule has 1 heterocycles. The predicted octanol–water partition coefficient (Wildman–Crippen LogP) is 3.89. The van der Waals surface area contributed by atoms with Crippen LogP contribution in [0.3, 0.4) is 0 Å². The number of aliphatic hydroxyl groups is 1. The summed E-state index contributed by atoms with van der Waals surface area (Å²) < 4.78 is 0. The molecule has 1 N–H and O–H groups in total. The first-order valence-electron chi connectivity index (χ1n) is 6.09. The molecule has 19 heavy (non-hydrogen) atoms. The van der Waals surface area contributed by atoms with Crippen LogP contribution in [-0.4, -0.2) is 10.1 Å². The fourth-order valence-electron chi connectivity index (χ4n) is 1.93. The average Bonchev–Trinajstić information content (AvgIpc) is 2.98. The molecule has 0 aliphatic rings. The Morgan fingerprint density at radius 1 is 0.895 bits per heavy atom. The van der Waals surface area contributed by atoms with Crippen molar-refractivity contribution in [1.82, 2.24) is 4.98 Å². The van der Waals surface area contributed by atoms with Crippen LogP contribution in [0.15, 0.2) is 66.9 Å². The lowest BCUT2D eigenvalue weighted by Crippen LogP contribution is -1.95. The van der Waals surface area contributed by atoms with Gasteiger partial charge in [0.15, 0.2) is 0 Å². The largest absolute Gasteiger partial charge is 0.383 e. The molecule has 3 rings (SSSR count). The third-order valence-electron chi connectivity index (χ3n) is 2.93. The average molecular weight is 267 g/mol. The van der Waals surface area contributed by atoms with Gasteiger partial charge in [-0.25, -0.2) is 4.98 Å². The molecule has 94 valence electrons. The Morgan fingerprint density at radius 3 is 2.21 bits per heavy atom. The number of nitrogens with zero attached hydrogens (tertiary/aromatic N) is 1. The van der Waals surface area contributed by atoms with Crippen molar-refractivity contribution in [2.24, 2.45) is 0 Å². The summed E-state index contributed by atoms with van der Waals surface area (Å²) in [5.74, 6) is 0. The summed E-state index contributed by atoms with van der Waals surface area (Å²) in [5.41, 5.74) is 1.98. The highest BCUT2D eigenvalue weighted by Crippen LogP contribution is 2.31. The minimum absolute atomic E-state index is 0.601. The molecule has 3 heteroatoms. The molecule has 1 atom stereocenters. The molecule has 1 unspecified atom stereocenters. The van der Waals surface area contributed by atoms with Crippen LogP contribution >= 0.6 is 11.3 Å². The van der Waals surface area contributed by atoms with Crippen LogP contribution in [0.2, 0.25) is 0 Å². The van der Waals surface area contributed by atoms with Crippen molar-refractivity contribution in [2.75, 3.05) is 0 Å². The molecule has 0 aliphatic carbocycles. The van der Waals surface area contributed by atoms with E-state index in [1.807, 2.05) is 60.7 Å². The first-order valence-corrected chi connectivity index (χ1v) is 6.90. The highest BCUT2D eigenvalue weighted by molar-refractivity contribution is 7.15. The molecule has 0 aliphatic heterocycles. The van der Waals surface area contributed by atoms with E-state index in [1.165, 1.54) is 11.3 Å². The van der Waals surface area contributed by atoms with E-state index in [1.54, 1.807) is 6.20 Å². The maximum atomic E-state index is 10.3. The normalized spacial score (nSPS) is 12.3. The Bertz CT molecular complexity index is 649. The molecule has 2 aromatic carbocycles. The van der Waals surface area contributed by atoms with Gasteiger partial charge >= 0.3 is 0 Å². The van der Waals surface area contributed by atoms with E-state index in [4.69, 9.17) is 0 Å². The zero-order valence-corrected chi connectivity index (χ0v) is 11.0. The number of aliphatic hydroxyl groups excluding tert-OH is 1. The van der Waals surface area contributed by atoms with Crippen molar-refractivity contribution in [3.63, 3.8) is 0 Å². The van der Waals surface area contributed by atoms with Crippen LogP contribution in [0.4, 0.5) is 0 Å². The molecular formula is C16H13NOS. The number of aromatic nitrogens is 1. The van der Waals surface area contributed by atoms with Crippen molar-refractivity contribution in [3.8, 4) is 10.6 Å². The molecule has 0 saturated carbocycles. The summed E-state index contributed by atoms with van der Waals surface area (Å²) in [5, 5.41) is 11.3. The van der Waals surface area contributed by atoms with Crippen molar-refractivity contribution < 1.29 is 5.11 Å². The van der Waals surface area contributed by atoms with Gasteiger partial charge in [-0.1, -0.05) is 60.7 Å². The monoisotopic (exact) mass is 267 g/mol. The van der Waals surface area contributed by atoms with E-state index in [2.05, 4.69) is 4.98 Å². The number of thiazole rings is 1. The van der Waals surface area contributed by atoms with Gasteiger partial charge in [0.1, 0.15) is 11.1 Å². The maximum Gasteiger partial charge on any atom is 0.123 e. The van der Waals surface area contributed by atoms with Crippen LogP contribution in [0.1, 0.15) is 16.5 Å². The molecule has 1 aromatic heterocycles. The molecule has 0 fully saturated rings. The number of benzene rings is 2. The van der Waals surface area contributed by atoms with E-state index in [0.717, 1.165) is 21.0 Å². The maximum absolute atomic E-state index is 10.3. The smallest absolute Gasteiger partial charge is 0.123 e. The molecule has 0 saturated heterocycles. The highest BCUT2D eigenvalue weighted by Gasteiger charge is 2.14. The Labute approximate surface area is 116 Å². The van der Waals surface area contributed by atoms with Gasteiger partial charge in [0, 0.05) is 11.8 Å². The number of rotatable bonds is 3. The SMILES string of the molecule is OC(c1ccccc1)c1cnc(-c2ccccc2)s1. The molecule has 0 spiro atoms. The number of hydrogen-bond donors (Lipinski definition) is 1. The Balaban J connectivity index is 1.90. The Hall–Kier alpha value is -1.97. The lowest BCUT2D eigenvalue weighted by molar-refractivity contribution is 0.224. The third kappa shape index (κ3) is 2.57. The second-order valence-electron chi connectivity index (χ2n) is 4.25. The van der Waals surface area contributed by atoms with E-state index in [-0.39, 0.29) is 0 Å². The zero-order chi connectivity index (χ0) is 13.1. The summed E-state index contributed by atoms with van der Waals surface area (Å²) in [6.07, 6.45) is 1.15. The van der Waals surface area contributed by atoms with Gasteiger partial charge in [-0.2, -0.15) is 0 Å². The standard InChI is InChI=1S/C16H13NOS/c18-15(12-7-3-1-4-8-12)14-11-17-16(19-14)13-9-5-2-6-10-13/h1-11,15,18H. The topological polar surface area (TPSA) is 33.1 Å². The van der Waals surface area contributed by atoms with Gasteiger partial charge in [-0.15, -0.1) is 11.3 Å². The fourth-order valence-corrected chi connectivity index (χ4v) is 2.86. The second kappa shape index (κ2) is 5.34. The van der Waals surface area contributed by atoms with Gasteiger partial charge in [0.25, 0.3) is 0 Å². The summed E-state index contributed by atoms with van der Waals surface area (Å²) >= 11 is 1.53. The second-order valence-corrected chi connectivity index (χ2v) is 5.31. The summed E-state index contributed by atoms with van der Waals surface area (Å²) in [4.78, 5) is 5.26. The molecule has 0 bridgehead atoms. The summed E-state index contributed by atoms with van der Waals surface area (Å²) in [6.45, 7) is 0. The quantitative estimate of drug-likeness (QED) is 0.781. The van der Waals surface area contributed by atoms with Crippen molar-refractivity contribution in [1.29, 1.82) is 0 Å². The van der Waals surface area contributed by atoms with Crippen molar-refractivity contribution in [2.45, 2.75) is 6.10 Å². The summed E-state index contributed by atoms with van der Waals surface area (Å²) in [6, 6.07) is 19.7. The Morgan fingerprint density at radius 2 is 1.53 bits per heavy atom. The van der Waals surface area contributed by atoms with E-state index < -0.39 is 6.10 Å². The highest BCUT2D eigenvalue weighted by atomic mass is 32.1. The molecule has 0 amide bonds. The van der Waals surface area contributed by atoms with Crippen LogP contribution in [-0.2, 0) is 0 Å². The lowest BCUT2D eigenvalue weighted by Gasteiger charge is -2.07. The summed E-state index contributed by atoms with van der Waals surface area (Å²) in [7, 11) is 0. The minimum atomic E-state index is -0.601. The minimum Gasteiger partial charge on any atom is -0.383 e. The Kier molecular flexibility index (Phi) is 3.40. The van der Waals surface area contributed by atoms with Crippen molar-refractivity contribution in [3.05, 3.63) is 77.3 Å². The van der Waals surface area contributed by atoms with Gasteiger partial charge in [0.2, 0.25) is 0 Å². The van der Waals surface area contributed by atoms with Crippen LogP contribution < -0.4 is 0 Å². The first kappa shape index (κ1) is 12.1. The molecule has 3 aromatic rings.